The van der Waals surface area contributed by atoms with Gasteiger partial charge in [-0.2, -0.15) is 0 Å². The van der Waals surface area contributed by atoms with Crippen molar-refractivity contribution in [2.24, 2.45) is 4.99 Å². The van der Waals surface area contributed by atoms with E-state index in [1.807, 2.05) is 39.0 Å². The third-order valence-electron chi connectivity index (χ3n) is 3.52. The summed E-state index contributed by atoms with van der Waals surface area (Å²) in [7, 11) is 5.18. The number of guanidine groups is 1. The Labute approximate surface area is 196 Å². The summed E-state index contributed by atoms with van der Waals surface area (Å²) in [6.07, 6.45) is 0. The van der Waals surface area contributed by atoms with E-state index in [9.17, 15) is 9.59 Å². The van der Waals surface area contributed by atoms with Crippen molar-refractivity contribution in [1.82, 2.24) is 20.4 Å². The molecule has 2 amide bonds. The number of benzene rings is 1. The maximum Gasteiger partial charge on any atom is 0.243 e. The Morgan fingerprint density at radius 3 is 2.28 bits per heavy atom. The van der Waals surface area contributed by atoms with E-state index in [4.69, 9.17) is 0 Å². The number of aliphatic imine (C=N–C) groups is 1. The summed E-state index contributed by atoms with van der Waals surface area (Å²) in [6, 6.07) is 10.2. The van der Waals surface area contributed by atoms with Gasteiger partial charge in [-0.05, 0) is 32.9 Å². The van der Waals surface area contributed by atoms with Gasteiger partial charge in [-0.15, -0.1) is 35.7 Å². The highest BCUT2D eigenvalue weighted by atomic mass is 127. The molecule has 2 N–H and O–H groups in total. The molecule has 29 heavy (non-hydrogen) atoms. The third kappa shape index (κ3) is 12.6. The number of carbonyl (C=O) groups excluding carboxylic acids is 2. The van der Waals surface area contributed by atoms with Crippen LogP contribution in [0.15, 0.2) is 40.2 Å². The summed E-state index contributed by atoms with van der Waals surface area (Å²) in [5.41, 5.74) is -0.296. The Balaban J connectivity index is 0.00000784. The van der Waals surface area contributed by atoms with Crippen LogP contribution in [0.4, 0.5) is 0 Å². The summed E-state index contributed by atoms with van der Waals surface area (Å²) in [5, 5.41) is 6.19. The van der Waals surface area contributed by atoms with Gasteiger partial charge in [0.2, 0.25) is 11.8 Å². The van der Waals surface area contributed by atoms with E-state index in [-0.39, 0.29) is 54.4 Å². The number of rotatable bonds is 8. The van der Waals surface area contributed by atoms with Crippen molar-refractivity contribution in [3.63, 3.8) is 0 Å². The van der Waals surface area contributed by atoms with Gasteiger partial charge < -0.3 is 20.4 Å². The Hall–Kier alpha value is -1.49. The molecule has 1 aromatic carbocycles. The molecule has 0 saturated heterocycles. The molecule has 1 aromatic rings. The fourth-order valence-corrected chi connectivity index (χ4v) is 2.98. The monoisotopic (exact) mass is 535 g/mol. The first-order valence-corrected chi connectivity index (χ1v) is 10.3. The van der Waals surface area contributed by atoms with E-state index in [1.54, 1.807) is 37.8 Å². The molecule has 0 saturated carbocycles. The van der Waals surface area contributed by atoms with Crippen LogP contribution in [0.2, 0.25) is 0 Å². The maximum absolute atomic E-state index is 12.2. The van der Waals surface area contributed by atoms with Gasteiger partial charge in [0.25, 0.3) is 0 Å². The summed E-state index contributed by atoms with van der Waals surface area (Å²) >= 11 is 1.73. The van der Waals surface area contributed by atoms with Gasteiger partial charge in [0.15, 0.2) is 5.96 Å². The van der Waals surface area contributed by atoms with Crippen molar-refractivity contribution in [3.05, 3.63) is 30.3 Å². The Morgan fingerprint density at radius 2 is 1.72 bits per heavy atom. The second-order valence-corrected chi connectivity index (χ2v) is 8.84. The third-order valence-corrected chi connectivity index (χ3v) is 4.53. The zero-order valence-corrected chi connectivity index (χ0v) is 21.3. The average molecular weight is 535 g/mol. The molecule has 0 aliphatic rings. The highest BCUT2D eigenvalue weighted by Crippen LogP contribution is 2.15. The van der Waals surface area contributed by atoms with Gasteiger partial charge in [-0.3, -0.25) is 9.59 Å². The van der Waals surface area contributed by atoms with Crippen LogP contribution in [-0.4, -0.2) is 79.6 Å². The van der Waals surface area contributed by atoms with E-state index in [1.165, 1.54) is 9.80 Å². The molecule has 9 heteroatoms. The second-order valence-electron chi connectivity index (χ2n) is 7.67. The number of nitrogens with one attached hydrogen (secondary N) is 2. The fraction of sp³-hybridized carbons (Fsp3) is 0.550. The molecular formula is C20H34IN5O2S. The Bertz CT molecular complexity index is 663. The van der Waals surface area contributed by atoms with Crippen LogP contribution < -0.4 is 10.6 Å². The van der Waals surface area contributed by atoms with E-state index in [0.717, 1.165) is 5.75 Å². The lowest BCUT2D eigenvalue weighted by atomic mass is 10.1. The van der Waals surface area contributed by atoms with Crippen molar-refractivity contribution >= 4 is 53.5 Å². The number of thioether (sulfide) groups is 1. The van der Waals surface area contributed by atoms with Gasteiger partial charge in [0.05, 0.1) is 6.54 Å². The van der Waals surface area contributed by atoms with Crippen molar-refractivity contribution in [3.8, 4) is 0 Å². The standard InChI is InChI=1S/C20H33N5O2S.HI/c1-20(2,3)23-17(26)15-25(6)19(22-14-18(27)24(4)5)21-12-13-28-16-10-8-7-9-11-16;/h7-11H,12-15H2,1-6H3,(H,21,22)(H,23,26);1H. The molecule has 0 spiro atoms. The maximum atomic E-state index is 12.2. The molecule has 164 valence electrons. The largest absolute Gasteiger partial charge is 0.355 e. The number of hydrogen-bond acceptors (Lipinski definition) is 4. The second kappa shape index (κ2) is 13.7. The fourth-order valence-electron chi connectivity index (χ4n) is 2.19. The Kier molecular flexibility index (Phi) is 13.0. The quantitative estimate of drug-likeness (QED) is 0.176. The number of amides is 2. The van der Waals surface area contributed by atoms with Gasteiger partial charge in [0.1, 0.15) is 6.54 Å². The van der Waals surface area contributed by atoms with Crippen LogP contribution in [0.3, 0.4) is 0 Å². The van der Waals surface area contributed by atoms with Gasteiger partial charge in [-0.25, -0.2) is 4.99 Å². The first-order chi connectivity index (χ1) is 13.1. The zero-order valence-electron chi connectivity index (χ0n) is 18.2. The van der Waals surface area contributed by atoms with Gasteiger partial charge in [-0.1, -0.05) is 18.2 Å². The number of nitrogens with zero attached hydrogens (tertiary/aromatic N) is 3. The van der Waals surface area contributed by atoms with E-state index < -0.39 is 0 Å². The Morgan fingerprint density at radius 1 is 1.10 bits per heavy atom. The lowest BCUT2D eigenvalue weighted by Crippen LogP contribution is -2.49. The minimum atomic E-state index is -0.296. The van der Waals surface area contributed by atoms with Crippen LogP contribution in [0.25, 0.3) is 0 Å². The molecule has 0 atom stereocenters. The van der Waals surface area contributed by atoms with E-state index >= 15 is 0 Å². The summed E-state index contributed by atoms with van der Waals surface area (Å²) < 4.78 is 0. The first-order valence-electron chi connectivity index (χ1n) is 9.27. The predicted molar refractivity (Wildman–Crippen MR) is 132 cm³/mol. The molecule has 1 rings (SSSR count). The number of hydrogen-bond donors (Lipinski definition) is 2. The molecule has 0 aliphatic carbocycles. The molecule has 7 nitrogen and oxygen atoms in total. The first kappa shape index (κ1) is 27.5. The van der Waals surface area contributed by atoms with Crippen molar-refractivity contribution in [2.45, 2.75) is 31.2 Å². The molecule has 0 aliphatic heterocycles. The molecule has 0 unspecified atom stereocenters. The van der Waals surface area contributed by atoms with Crippen molar-refractivity contribution in [2.75, 3.05) is 46.5 Å². The number of likely N-dealkylation sites (N-methyl/N-ethyl adjacent to an activating group) is 2. The summed E-state index contributed by atoms with van der Waals surface area (Å²) in [5.74, 6) is 1.19. The van der Waals surface area contributed by atoms with Gasteiger partial charge in [0, 0.05) is 43.9 Å². The van der Waals surface area contributed by atoms with Crippen LogP contribution in [0.5, 0.6) is 0 Å². The molecule has 0 aromatic heterocycles. The van der Waals surface area contributed by atoms with E-state index in [0.29, 0.717) is 12.5 Å². The smallest absolute Gasteiger partial charge is 0.243 e. The summed E-state index contributed by atoms with van der Waals surface area (Å²) in [4.78, 5) is 32.9. The molecule has 0 bridgehead atoms. The van der Waals surface area contributed by atoms with Crippen LogP contribution >= 0.6 is 35.7 Å². The topological polar surface area (TPSA) is 77.0 Å². The highest BCUT2D eigenvalue weighted by molar-refractivity contribution is 14.0. The van der Waals surface area contributed by atoms with Crippen molar-refractivity contribution in [1.29, 1.82) is 0 Å². The molecule has 0 fully saturated rings. The average Bonchev–Trinajstić information content (AvgIpc) is 2.59. The van der Waals surface area contributed by atoms with E-state index in [2.05, 4.69) is 27.8 Å². The SMILES string of the molecule is CN(C)C(=O)CN=C(NCCSc1ccccc1)N(C)CC(=O)NC(C)(C)C.I. The zero-order chi connectivity index (χ0) is 21.2. The van der Waals surface area contributed by atoms with Crippen LogP contribution in [0, 0.1) is 0 Å². The van der Waals surface area contributed by atoms with Crippen molar-refractivity contribution < 1.29 is 9.59 Å². The molecule has 0 heterocycles. The normalized spacial score (nSPS) is 11.3. The minimum absolute atomic E-state index is 0. The highest BCUT2D eigenvalue weighted by Gasteiger charge is 2.17. The number of halogens is 1. The minimum Gasteiger partial charge on any atom is -0.355 e. The number of carbonyl (C=O) groups is 2. The van der Waals surface area contributed by atoms with Gasteiger partial charge >= 0.3 is 0 Å². The lowest BCUT2D eigenvalue weighted by Gasteiger charge is -2.25. The van der Waals surface area contributed by atoms with Crippen LogP contribution in [0.1, 0.15) is 20.8 Å². The van der Waals surface area contributed by atoms with Crippen LogP contribution in [-0.2, 0) is 9.59 Å². The molecular weight excluding hydrogens is 501 g/mol. The molecule has 0 radical (unpaired) electrons. The predicted octanol–water partition coefficient (Wildman–Crippen LogP) is 2.28. The summed E-state index contributed by atoms with van der Waals surface area (Å²) in [6.45, 7) is 6.68. The lowest BCUT2D eigenvalue weighted by molar-refractivity contribution is -0.127.